The fraction of sp³-hybridized carbons (Fsp3) is 0.556. The summed E-state index contributed by atoms with van der Waals surface area (Å²) in [7, 11) is 3.80. The number of amides is 1. The van der Waals surface area contributed by atoms with Gasteiger partial charge in [-0.2, -0.15) is 5.10 Å². The molecule has 8 heteroatoms. The van der Waals surface area contributed by atoms with Crippen molar-refractivity contribution in [2.24, 2.45) is 0 Å². The predicted octanol–water partition coefficient (Wildman–Crippen LogP) is 1.11. The third kappa shape index (κ3) is 4.37. The van der Waals surface area contributed by atoms with E-state index < -0.39 is 0 Å². The largest absolute Gasteiger partial charge is 0.361 e. The maximum Gasteiger partial charge on any atom is 0.274 e. The molecule has 1 aliphatic heterocycles. The van der Waals surface area contributed by atoms with Crippen molar-refractivity contribution in [3.05, 3.63) is 36.0 Å². The molecule has 1 aliphatic rings. The average Bonchev–Trinajstić information content (AvgIpc) is 2.98. The Kier molecular flexibility index (Phi) is 5.82. The molecule has 3 rings (SSSR count). The molecule has 3 heterocycles. The van der Waals surface area contributed by atoms with Crippen molar-refractivity contribution in [3.63, 3.8) is 0 Å². The number of hydrogen-bond acceptors (Lipinski definition) is 6. The summed E-state index contributed by atoms with van der Waals surface area (Å²) in [6.07, 6.45) is 8.19. The summed E-state index contributed by atoms with van der Waals surface area (Å²) in [5.74, 6) is 0.708. The van der Waals surface area contributed by atoms with Gasteiger partial charge in [0.1, 0.15) is 11.5 Å². The van der Waals surface area contributed by atoms with E-state index in [1.54, 1.807) is 12.4 Å². The predicted molar refractivity (Wildman–Crippen MR) is 100 cm³/mol. The maximum absolute atomic E-state index is 12.7. The van der Waals surface area contributed by atoms with Gasteiger partial charge >= 0.3 is 0 Å². The summed E-state index contributed by atoms with van der Waals surface area (Å²) < 4.78 is 1.94. The Hall–Kier alpha value is -2.48. The minimum absolute atomic E-state index is 0.0385. The van der Waals surface area contributed by atoms with E-state index in [2.05, 4.69) is 33.1 Å². The van der Waals surface area contributed by atoms with Gasteiger partial charge in [-0.3, -0.25) is 14.4 Å². The van der Waals surface area contributed by atoms with Gasteiger partial charge < -0.3 is 9.80 Å². The fourth-order valence-electron chi connectivity index (χ4n) is 3.08. The molecule has 0 saturated carbocycles. The fourth-order valence-corrected chi connectivity index (χ4v) is 3.08. The number of hydrogen-bond donors (Lipinski definition) is 0. The first-order valence-corrected chi connectivity index (χ1v) is 9.09. The Balaban J connectivity index is 1.58. The summed E-state index contributed by atoms with van der Waals surface area (Å²) >= 11 is 0. The van der Waals surface area contributed by atoms with Crippen molar-refractivity contribution in [1.82, 2.24) is 29.5 Å². The molecule has 1 fully saturated rings. The van der Waals surface area contributed by atoms with Crippen LogP contribution in [0.2, 0.25) is 0 Å². The minimum atomic E-state index is -0.0385. The first kappa shape index (κ1) is 18.3. The highest BCUT2D eigenvalue weighted by molar-refractivity contribution is 5.92. The van der Waals surface area contributed by atoms with Crippen molar-refractivity contribution in [2.75, 3.05) is 45.2 Å². The lowest BCUT2D eigenvalue weighted by atomic mass is 10.3. The van der Waals surface area contributed by atoms with Crippen molar-refractivity contribution in [1.29, 1.82) is 0 Å². The number of aromatic nitrogens is 4. The van der Waals surface area contributed by atoms with Crippen molar-refractivity contribution >= 4 is 11.7 Å². The van der Waals surface area contributed by atoms with Gasteiger partial charge in [0.25, 0.3) is 5.91 Å². The molecule has 0 bridgehead atoms. The summed E-state index contributed by atoms with van der Waals surface area (Å²) in [4.78, 5) is 27.4. The van der Waals surface area contributed by atoms with Crippen molar-refractivity contribution < 1.29 is 4.79 Å². The Morgan fingerprint density at radius 3 is 2.62 bits per heavy atom. The molecule has 0 spiro atoms. The van der Waals surface area contributed by atoms with E-state index in [0.717, 1.165) is 45.0 Å². The molecule has 26 heavy (non-hydrogen) atoms. The molecule has 1 amide bonds. The molecular formula is C18H27N7O. The molecule has 1 saturated heterocycles. The van der Waals surface area contributed by atoms with Gasteiger partial charge in [-0.1, -0.05) is 0 Å². The average molecular weight is 357 g/mol. The van der Waals surface area contributed by atoms with Gasteiger partial charge in [-0.05, 0) is 13.3 Å². The Bertz CT molecular complexity index is 725. The summed E-state index contributed by atoms with van der Waals surface area (Å²) in [5.41, 5.74) is 1.63. The quantitative estimate of drug-likeness (QED) is 0.798. The first-order valence-electron chi connectivity index (χ1n) is 9.09. The lowest BCUT2D eigenvalue weighted by Crippen LogP contribution is -2.35. The van der Waals surface area contributed by atoms with Crippen LogP contribution in [-0.4, -0.2) is 75.7 Å². The van der Waals surface area contributed by atoms with Crippen LogP contribution >= 0.6 is 0 Å². The van der Waals surface area contributed by atoms with Crippen molar-refractivity contribution in [2.45, 2.75) is 26.4 Å². The Labute approximate surface area is 154 Å². The van der Waals surface area contributed by atoms with Gasteiger partial charge in [-0.15, -0.1) is 0 Å². The van der Waals surface area contributed by atoms with Crippen LogP contribution in [0.25, 0.3) is 0 Å². The highest BCUT2D eigenvalue weighted by atomic mass is 16.2. The Morgan fingerprint density at radius 2 is 1.96 bits per heavy atom. The third-order valence-corrected chi connectivity index (χ3v) is 4.61. The molecule has 140 valence electrons. The van der Waals surface area contributed by atoms with Gasteiger partial charge in [0.05, 0.1) is 18.6 Å². The van der Waals surface area contributed by atoms with E-state index in [1.165, 1.54) is 5.56 Å². The molecule has 2 aromatic heterocycles. The topological polar surface area (TPSA) is 70.4 Å². The van der Waals surface area contributed by atoms with E-state index in [4.69, 9.17) is 0 Å². The summed E-state index contributed by atoms with van der Waals surface area (Å²) in [6.45, 7) is 7.13. The molecule has 0 unspecified atom stereocenters. The van der Waals surface area contributed by atoms with E-state index in [0.29, 0.717) is 12.2 Å². The molecule has 0 N–H and O–H groups in total. The second-order valence-electron chi connectivity index (χ2n) is 6.78. The second-order valence-corrected chi connectivity index (χ2v) is 6.78. The van der Waals surface area contributed by atoms with E-state index >= 15 is 0 Å². The SMILES string of the molecule is CCn1cc(CN2CCCN(C(=O)c3cnc(N(C)C)cn3)CC2)cn1. The lowest BCUT2D eigenvalue weighted by molar-refractivity contribution is 0.0755. The molecule has 8 nitrogen and oxygen atoms in total. The summed E-state index contributed by atoms with van der Waals surface area (Å²) in [6, 6.07) is 0. The monoisotopic (exact) mass is 357 g/mol. The zero-order valence-electron chi connectivity index (χ0n) is 15.8. The lowest BCUT2D eigenvalue weighted by Gasteiger charge is -2.21. The number of anilines is 1. The Morgan fingerprint density at radius 1 is 1.12 bits per heavy atom. The minimum Gasteiger partial charge on any atom is -0.361 e. The molecule has 0 radical (unpaired) electrons. The standard InChI is InChI=1S/C18H27N7O/c1-4-25-14-15(10-21-25)13-23-6-5-7-24(9-8-23)18(26)16-11-20-17(12-19-16)22(2)3/h10-12,14H,4-9,13H2,1-3H3. The smallest absolute Gasteiger partial charge is 0.274 e. The molecular weight excluding hydrogens is 330 g/mol. The molecule has 2 aromatic rings. The van der Waals surface area contributed by atoms with Gasteiger partial charge in [-0.25, -0.2) is 9.97 Å². The van der Waals surface area contributed by atoms with Crippen LogP contribution < -0.4 is 4.90 Å². The molecule has 0 aliphatic carbocycles. The highest BCUT2D eigenvalue weighted by Crippen LogP contribution is 2.12. The zero-order chi connectivity index (χ0) is 18.5. The van der Waals surface area contributed by atoms with Crippen LogP contribution in [-0.2, 0) is 13.1 Å². The summed E-state index contributed by atoms with van der Waals surface area (Å²) in [5, 5.41) is 4.33. The van der Waals surface area contributed by atoms with Gasteiger partial charge in [0, 0.05) is 65.1 Å². The van der Waals surface area contributed by atoms with Crippen LogP contribution in [0, 0.1) is 0 Å². The van der Waals surface area contributed by atoms with E-state index in [9.17, 15) is 4.79 Å². The van der Waals surface area contributed by atoms with Crippen LogP contribution in [0.3, 0.4) is 0 Å². The maximum atomic E-state index is 12.7. The first-order chi connectivity index (χ1) is 12.6. The van der Waals surface area contributed by atoms with E-state index in [1.807, 2.05) is 34.8 Å². The number of carbonyl (C=O) groups is 1. The zero-order valence-corrected chi connectivity index (χ0v) is 15.8. The second kappa shape index (κ2) is 8.27. The van der Waals surface area contributed by atoms with Crippen LogP contribution in [0.4, 0.5) is 5.82 Å². The van der Waals surface area contributed by atoms with Crippen molar-refractivity contribution in [3.8, 4) is 0 Å². The molecule has 0 atom stereocenters. The van der Waals surface area contributed by atoms with Gasteiger partial charge in [0.2, 0.25) is 0 Å². The van der Waals surface area contributed by atoms with Crippen LogP contribution in [0.1, 0.15) is 29.4 Å². The number of carbonyl (C=O) groups excluding carboxylic acids is 1. The van der Waals surface area contributed by atoms with Crippen LogP contribution in [0.5, 0.6) is 0 Å². The third-order valence-electron chi connectivity index (χ3n) is 4.61. The normalized spacial score (nSPS) is 15.7. The highest BCUT2D eigenvalue weighted by Gasteiger charge is 2.21. The number of aryl methyl sites for hydroxylation is 1. The van der Waals surface area contributed by atoms with E-state index in [-0.39, 0.29) is 5.91 Å². The number of nitrogens with zero attached hydrogens (tertiary/aromatic N) is 7. The number of rotatable bonds is 5. The van der Waals surface area contributed by atoms with Crippen LogP contribution in [0.15, 0.2) is 24.8 Å². The van der Waals surface area contributed by atoms with Gasteiger partial charge in [0.15, 0.2) is 0 Å². The molecule has 0 aromatic carbocycles.